The number of carbonyl (C=O) groups excluding carboxylic acids is 2. The molecule has 0 saturated carbocycles. The van der Waals surface area contributed by atoms with Gasteiger partial charge in [-0.1, -0.05) is 65.7 Å². The molecule has 0 heterocycles. The van der Waals surface area contributed by atoms with E-state index in [0.717, 1.165) is 9.87 Å². The van der Waals surface area contributed by atoms with E-state index in [4.69, 9.17) is 0 Å². The molecule has 2 amide bonds. The van der Waals surface area contributed by atoms with Crippen LogP contribution in [0.15, 0.2) is 82.2 Å². The van der Waals surface area contributed by atoms with Gasteiger partial charge in [0, 0.05) is 17.6 Å². The van der Waals surface area contributed by atoms with Crippen molar-refractivity contribution in [2.45, 2.75) is 45.2 Å². The average Bonchev–Trinajstić information content (AvgIpc) is 2.89. The monoisotopic (exact) mass is 617 g/mol. The summed E-state index contributed by atoms with van der Waals surface area (Å²) in [7, 11) is -4.15. The Morgan fingerprint density at radius 1 is 0.974 bits per heavy atom. The second-order valence-electron chi connectivity index (χ2n) is 9.77. The highest BCUT2D eigenvalue weighted by Gasteiger charge is 2.32. The number of hydrogen-bond acceptors (Lipinski definition) is 4. The first-order valence-corrected chi connectivity index (χ1v) is 14.8. The number of carbonyl (C=O) groups is 2. The fourth-order valence-corrected chi connectivity index (χ4v) is 5.61. The zero-order valence-corrected chi connectivity index (χ0v) is 24.8. The first kappa shape index (κ1) is 30.3. The molecule has 0 fully saturated rings. The van der Waals surface area contributed by atoms with Gasteiger partial charge in [0.05, 0.1) is 10.6 Å². The number of aryl methyl sites for hydroxylation is 1. The summed E-state index contributed by atoms with van der Waals surface area (Å²) in [5.41, 5.74) is 1.78. The number of nitrogens with zero attached hydrogens (tertiary/aromatic N) is 2. The molecule has 10 heteroatoms. The maximum absolute atomic E-state index is 13.9. The second-order valence-corrected chi connectivity index (χ2v) is 12.5. The summed E-state index contributed by atoms with van der Waals surface area (Å²) in [6.07, 6.45) is 0. The number of benzene rings is 3. The van der Waals surface area contributed by atoms with Crippen LogP contribution in [0.5, 0.6) is 0 Å². The number of sulfonamides is 1. The van der Waals surface area contributed by atoms with Crippen LogP contribution in [0.4, 0.5) is 10.1 Å². The summed E-state index contributed by atoms with van der Waals surface area (Å²) >= 11 is 3.38. The third-order valence-corrected chi connectivity index (χ3v) is 8.38. The van der Waals surface area contributed by atoms with Crippen LogP contribution in [0.25, 0.3) is 0 Å². The van der Waals surface area contributed by atoms with Gasteiger partial charge in [0.2, 0.25) is 11.8 Å². The van der Waals surface area contributed by atoms with Crippen molar-refractivity contribution in [3.63, 3.8) is 0 Å². The average molecular weight is 619 g/mol. The molecular weight excluding hydrogens is 585 g/mol. The van der Waals surface area contributed by atoms with E-state index in [2.05, 4.69) is 21.2 Å². The minimum Gasteiger partial charge on any atom is -0.354 e. The molecule has 0 spiro atoms. The maximum Gasteiger partial charge on any atom is 0.264 e. The summed E-state index contributed by atoms with van der Waals surface area (Å²) in [4.78, 5) is 28.2. The molecule has 1 N–H and O–H groups in total. The van der Waals surface area contributed by atoms with Gasteiger partial charge in [-0.05, 0) is 67.8 Å². The van der Waals surface area contributed by atoms with E-state index in [0.29, 0.717) is 16.6 Å². The first-order valence-electron chi connectivity index (χ1n) is 12.5. The summed E-state index contributed by atoms with van der Waals surface area (Å²) in [6, 6.07) is 17.7. The van der Waals surface area contributed by atoms with Crippen LogP contribution in [-0.2, 0) is 26.2 Å². The van der Waals surface area contributed by atoms with Crippen molar-refractivity contribution in [3.8, 4) is 0 Å². The molecule has 1 atom stereocenters. The van der Waals surface area contributed by atoms with Crippen LogP contribution in [0.2, 0.25) is 0 Å². The fraction of sp³-hybridized carbons (Fsp3) is 0.310. The highest BCUT2D eigenvalue weighted by Crippen LogP contribution is 2.27. The molecule has 0 saturated heterocycles. The van der Waals surface area contributed by atoms with Crippen molar-refractivity contribution in [2.75, 3.05) is 17.4 Å². The van der Waals surface area contributed by atoms with Crippen molar-refractivity contribution < 1.29 is 22.4 Å². The molecular formula is C29H33BrFN3O4S. The minimum absolute atomic E-state index is 0.00766. The predicted octanol–water partition coefficient (Wildman–Crippen LogP) is 5.28. The molecule has 0 aromatic heterocycles. The van der Waals surface area contributed by atoms with Gasteiger partial charge >= 0.3 is 0 Å². The van der Waals surface area contributed by atoms with Gasteiger partial charge in [-0.15, -0.1) is 0 Å². The normalized spacial score (nSPS) is 12.2. The van der Waals surface area contributed by atoms with E-state index in [9.17, 15) is 22.4 Å². The lowest BCUT2D eigenvalue weighted by Crippen LogP contribution is -2.51. The topological polar surface area (TPSA) is 86.8 Å². The van der Waals surface area contributed by atoms with Gasteiger partial charge in [0.15, 0.2) is 0 Å². The highest BCUT2D eigenvalue weighted by atomic mass is 79.9. The van der Waals surface area contributed by atoms with E-state index in [1.807, 2.05) is 20.8 Å². The van der Waals surface area contributed by atoms with Crippen LogP contribution in [0, 0.1) is 18.7 Å². The fourth-order valence-electron chi connectivity index (χ4n) is 3.82. The molecule has 3 rings (SSSR count). The van der Waals surface area contributed by atoms with Gasteiger partial charge in [0.1, 0.15) is 18.4 Å². The van der Waals surface area contributed by atoms with Crippen molar-refractivity contribution >= 4 is 43.5 Å². The van der Waals surface area contributed by atoms with Gasteiger partial charge < -0.3 is 10.2 Å². The Bertz CT molecular complexity index is 1400. The molecule has 39 heavy (non-hydrogen) atoms. The first-order chi connectivity index (χ1) is 18.4. The van der Waals surface area contributed by atoms with Crippen LogP contribution >= 0.6 is 15.9 Å². The lowest BCUT2D eigenvalue weighted by atomic mass is 10.1. The van der Waals surface area contributed by atoms with Crippen LogP contribution in [0.1, 0.15) is 31.9 Å². The van der Waals surface area contributed by atoms with Crippen molar-refractivity contribution in [3.05, 3.63) is 94.2 Å². The zero-order valence-electron chi connectivity index (χ0n) is 22.4. The second kappa shape index (κ2) is 13.2. The van der Waals surface area contributed by atoms with E-state index in [1.54, 1.807) is 43.3 Å². The molecule has 0 radical (unpaired) electrons. The predicted molar refractivity (Wildman–Crippen MR) is 154 cm³/mol. The van der Waals surface area contributed by atoms with Gasteiger partial charge in [-0.2, -0.15) is 0 Å². The molecule has 0 aliphatic carbocycles. The smallest absolute Gasteiger partial charge is 0.264 e. The maximum atomic E-state index is 13.9. The number of halogens is 2. The Morgan fingerprint density at radius 3 is 2.21 bits per heavy atom. The molecule has 0 unspecified atom stereocenters. The number of rotatable bonds is 11. The summed E-state index contributed by atoms with van der Waals surface area (Å²) in [5.74, 6) is -1.17. The number of nitrogens with one attached hydrogen (secondary N) is 1. The van der Waals surface area contributed by atoms with E-state index in [-0.39, 0.29) is 29.0 Å². The number of anilines is 1. The van der Waals surface area contributed by atoms with Crippen LogP contribution in [0.3, 0.4) is 0 Å². The van der Waals surface area contributed by atoms with E-state index < -0.39 is 34.3 Å². The third-order valence-electron chi connectivity index (χ3n) is 6.10. The van der Waals surface area contributed by atoms with Crippen molar-refractivity contribution in [1.82, 2.24) is 10.2 Å². The van der Waals surface area contributed by atoms with Crippen LogP contribution in [-0.4, -0.2) is 44.3 Å². The van der Waals surface area contributed by atoms with Crippen molar-refractivity contribution in [1.29, 1.82) is 0 Å². The molecule has 0 bridgehead atoms. The Morgan fingerprint density at radius 2 is 1.62 bits per heavy atom. The van der Waals surface area contributed by atoms with E-state index >= 15 is 0 Å². The van der Waals surface area contributed by atoms with Gasteiger partial charge in [-0.3, -0.25) is 13.9 Å². The number of amides is 2. The molecule has 0 aliphatic rings. The Hall–Kier alpha value is -3.24. The lowest BCUT2D eigenvalue weighted by molar-refractivity contribution is -0.139. The highest BCUT2D eigenvalue weighted by molar-refractivity contribution is 9.10. The molecule has 7 nitrogen and oxygen atoms in total. The quantitative estimate of drug-likeness (QED) is 0.317. The Labute approximate surface area is 238 Å². The molecule has 3 aromatic carbocycles. The summed E-state index contributed by atoms with van der Waals surface area (Å²) in [5, 5.41) is 2.84. The lowest BCUT2D eigenvalue weighted by Gasteiger charge is -2.32. The zero-order chi connectivity index (χ0) is 28.7. The standard InChI is InChI=1S/C29H33BrFN3O4S/c1-20(2)17-32-29(36)22(4)33(18-23-10-12-25(31)13-11-23)28(35)19-34(26-7-5-6-24(30)16-26)39(37,38)27-14-8-21(3)9-15-27/h5-16,20,22H,17-19H2,1-4H3,(H,32,36)/t22-/m1/s1. The summed E-state index contributed by atoms with van der Waals surface area (Å²) in [6.45, 7) is 7.23. The largest absolute Gasteiger partial charge is 0.354 e. The van der Waals surface area contributed by atoms with Gasteiger partial charge in [-0.25, -0.2) is 12.8 Å². The molecule has 3 aromatic rings. The van der Waals surface area contributed by atoms with E-state index in [1.165, 1.54) is 41.3 Å². The number of hydrogen-bond donors (Lipinski definition) is 1. The Kier molecular flexibility index (Phi) is 10.3. The van der Waals surface area contributed by atoms with Crippen molar-refractivity contribution in [2.24, 2.45) is 5.92 Å². The SMILES string of the molecule is Cc1ccc(S(=O)(=O)N(CC(=O)N(Cc2ccc(F)cc2)[C@H](C)C(=O)NCC(C)C)c2cccc(Br)c2)cc1. The molecule has 0 aliphatic heterocycles. The Balaban J connectivity index is 2.01. The molecule has 208 valence electrons. The minimum atomic E-state index is -4.15. The third kappa shape index (κ3) is 8.12. The van der Waals surface area contributed by atoms with Gasteiger partial charge in [0.25, 0.3) is 10.0 Å². The summed E-state index contributed by atoms with van der Waals surface area (Å²) < 4.78 is 42.8. The van der Waals surface area contributed by atoms with Crippen LogP contribution < -0.4 is 9.62 Å².